The molecule has 1 aromatic rings. The van der Waals surface area contributed by atoms with E-state index in [0.29, 0.717) is 26.4 Å². The number of nitrogens with two attached hydrogens (primary N) is 1. The van der Waals surface area contributed by atoms with Crippen LogP contribution < -0.4 is 20.5 Å². The van der Waals surface area contributed by atoms with Gasteiger partial charge in [-0.3, -0.25) is 0 Å². The van der Waals surface area contributed by atoms with Gasteiger partial charge in [-0.1, -0.05) is 0 Å². The molecule has 0 bridgehead atoms. The van der Waals surface area contributed by atoms with Gasteiger partial charge >= 0.3 is 0 Å². The van der Waals surface area contributed by atoms with Crippen molar-refractivity contribution in [3.05, 3.63) is 16.6 Å². The predicted molar refractivity (Wildman–Crippen MR) is 82.7 cm³/mol. The highest BCUT2D eigenvalue weighted by atomic mass is 79.9. The molecule has 0 aliphatic carbocycles. The lowest BCUT2D eigenvalue weighted by Gasteiger charge is -2.23. The molecular formula is C14H21BrN2O3. The third-order valence-electron chi connectivity index (χ3n) is 3.12. The summed E-state index contributed by atoms with van der Waals surface area (Å²) in [4.78, 5) is 0. The van der Waals surface area contributed by atoms with Gasteiger partial charge in [0.1, 0.15) is 13.2 Å². The first kappa shape index (κ1) is 15.4. The van der Waals surface area contributed by atoms with Crippen molar-refractivity contribution in [1.29, 1.82) is 0 Å². The summed E-state index contributed by atoms with van der Waals surface area (Å²) in [5, 5.41) is 3.47. The highest BCUT2D eigenvalue weighted by Gasteiger charge is 2.17. The van der Waals surface area contributed by atoms with Gasteiger partial charge in [-0.05, 0) is 35.3 Å². The summed E-state index contributed by atoms with van der Waals surface area (Å²) in [7, 11) is 1.70. The Morgan fingerprint density at radius 3 is 2.70 bits per heavy atom. The number of fused-ring (bicyclic) bond motifs is 1. The number of ether oxygens (including phenoxy) is 3. The second kappa shape index (κ2) is 7.71. The summed E-state index contributed by atoms with van der Waals surface area (Å²) in [5.41, 5.74) is 6.55. The van der Waals surface area contributed by atoms with Crippen LogP contribution >= 0.6 is 15.9 Å². The van der Waals surface area contributed by atoms with E-state index < -0.39 is 0 Å². The zero-order valence-corrected chi connectivity index (χ0v) is 13.2. The van der Waals surface area contributed by atoms with Crippen LogP contribution in [-0.4, -0.2) is 39.5 Å². The van der Waals surface area contributed by atoms with Gasteiger partial charge in [-0.15, -0.1) is 0 Å². The molecule has 1 aliphatic rings. The van der Waals surface area contributed by atoms with Gasteiger partial charge in [0.05, 0.1) is 12.3 Å². The molecule has 3 N–H and O–H groups in total. The van der Waals surface area contributed by atoms with Crippen LogP contribution in [0.5, 0.6) is 11.5 Å². The maximum absolute atomic E-state index is 5.60. The number of hydrogen-bond donors (Lipinski definition) is 2. The van der Waals surface area contributed by atoms with Gasteiger partial charge in [-0.25, -0.2) is 0 Å². The fraction of sp³-hybridized carbons (Fsp3) is 0.571. The van der Waals surface area contributed by atoms with Gasteiger partial charge in [0.25, 0.3) is 0 Å². The second-order valence-corrected chi connectivity index (χ2v) is 5.56. The van der Waals surface area contributed by atoms with Crippen LogP contribution in [0.2, 0.25) is 0 Å². The maximum Gasteiger partial charge on any atom is 0.163 e. The van der Waals surface area contributed by atoms with E-state index in [0.717, 1.165) is 34.5 Å². The number of hydrogen-bond acceptors (Lipinski definition) is 5. The van der Waals surface area contributed by atoms with Crippen molar-refractivity contribution in [2.45, 2.75) is 18.9 Å². The number of rotatable bonds is 7. The van der Waals surface area contributed by atoms with Crippen LogP contribution in [0.15, 0.2) is 16.6 Å². The second-order valence-electron chi connectivity index (χ2n) is 4.70. The Labute approximate surface area is 127 Å². The Kier molecular flexibility index (Phi) is 5.94. The largest absolute Gasteiger partial charge is 0.486 e. The third-order valence-corrected chi connectivity index (χ3v) is 3.77. The molecule has 1 heterocycles. The van der Waals surface area contributed by atoms with Gasteiger partial charge in [-0.2, -0.15) is 0 Å². The highest BCUT2D eigenvalue weighted by molar-refractivity contribution is 9.10. The van der Waals surface area contributed by atoms with Gasteiger partial charge in [0.15, 0.2) is 11.5 Å². The lowest BCUT2D eigenvalue weighted by atomic mass is 10.1. The van der Waals surface area contributed by atoms with E-state index >= 15 is 0 Å². The molecule has 0 amide bonds. The van der Waals surface area contributed by atoms with Crippen molar-refractivity contribution in [2.24, 2.45) is 5.73 Å². The number of anilines is 1. The van der Waals surface area contributed by atoms with Crippen molar-refractivity contribution in [2.75, 3.05) is 38.8 Å². The quantitative estimate of drug-likeness (QED) is 0.794. The Morgan fingerprint density at radius 2 is 2.05 bits per heavy atom. The first-order valence-electron chi connectivity index (χ1n) is 6.79. The average Bonchev–Trinajstić information content (AvgIpc) is 2.45. The standard InChI is InChI=1S/C14H21BrN2O3/c1-18-9-10(3-2-4-16)17-12-8-14-13(7-11(12)15)19-5-6-20-14/h7-8,10,17H,2-6,9,16H2,1H3. The lowest BCUT2D eigenvalue weighted by Crippen LogP contribution is -2.26. The summed E-state index contributed by atoms with van der Waals surface area (Å²) in [6, 6.07) is 4.12. The molecule has 1 atom stereocenters. The minimum Gasteiger partial charge on any atom is -0.486 e. The molecule has 0 saturated carbocycles. The molecule has 1 aromatic carbocycles. The first-order chi connectivity index (χ1) is 9.74. The number of nitrogens with one attached hydrogen (secondary N) is 1. The number of methoxy groups -OCH3 is 1. The maximum atomic E-state index is 5.60. The molecule has 20 heavy (non-hydrogen) atoms. The van der Waals surface area contributed by atoms with E-state index in [4.69, 9.17) is 19.9 Å². The average molecular weight is 345 g/mol. The molecule has 5 nitrogen and oxygen atoms in total. The van der Waals surface area contributed by atoms with Crippen LogP contribution in [0.4, 0.5) is 5.69 Å². The molecule has 0 fully saturated rings. The summed E-state index contributed by atoms with van der Waals surface area (Å²) in [6.07, 6.45) is 1.93. The van der Waals surface area contributed by atoms with Crippen LogP contribution in [0.25, 0.3) is 0 Å². The number of halogens is 1. The van der Waals surface area contributed by atoms with Crippen LogP contribution in [0, 0.1) is 0 Å². The Balaban J connectivity index is 2.10. The Morgan fingerprint density at radius 1 is 1.35 bits per heavy atom. The molecule has 1 aliphatic heterocycles. The minimum absolute atomic E-state index is 0.224. The first-order valence-corrected chi connectivity index (χ1v) is 7.58. The van der Waals surface area contributed by atoms with Crippen molar-refractivity contribution >= 4 is 21.6 Å². The van der Waals surface area contributed by atoms with Crippen molar-refractivity contribution in [1.82, 2.24) is 0 Å². The molecular weight excluding hydrogens is 324 g/mol. The van der Waals surface area contributed by atoms with Gasteiger partial charge in [0, 0.05) is 29.8 Å². The van der Waals surface area contributed by atoms with E-state index in [1.54, 1.807) is 7.11 Å². The topological polar surface area (TPSA) is 65.7 Å². The third kappa shape index (κ3) is 4.01. The molecule has 0 saturated heterocycles. The molecule has 112 valence electrons. The summed E-state index contributed by atoms with van der Waals surface area (Å²) >= 11 is 3.56. The van der Waals surface area contributed by atoms with E-state index in [2.05, 4.69) is 21.2 Å². The molecule has 0 radical (unpaired) electrons. The smallest absolute Gasteiger partial charge is 0.163 e. The lowest BCUT2D eigenvalue weighted by molar-refractivity contribution is 0.171. The summed E-state index contributed by atoms with van der Waals surface area (Å²) in [5.74, 6) is 1.55. The predicted octanol–water partition coefficient (Wildman–Crippen LogP) is 2.39. The van der Waals surface area contributed by atoms with Crippen molar-refractivity contribution in [3.8, 4) is 11.5 Å². The zero-order chi connectivity index (χ0) is 14.4. The Hall–Kier alpha value is -0.980. The highest BCUT2D eigenvalue weighted by Crippen LogP contribution is 2.38. The van der Waals surface area contributed by atoms with Crippen LogP contribution in [-0.2, 0) is 4.74 Å². The molecule has 2 rings (SSSR count). The molecule has 0 aromatic heterocycles. The minimum atomic E-state index is 0.224. The fourth-order valence-electron chi connectivity index (χ4n) is 2.16. The van der Waals surface area contributed by atoms with E-state index in [9.17, 15) is 0 Å². The molecule has 0 spiro atoms. The summed E-state index contributed by atoms with van der Waals surface area (Å²) in [6.45, 7) is 2.50. The SMILES string of the molecule is COCC(CCCN)Nc1cc2c(cc1Br)OCCO2. The molecule has 1 unspecified atom stereocenters. The normalized spacial score (nSPS) is 14.9. The van der Waals surface area contributed by atoms with Gasteiger partial charge in [0.2, 0.25) is 0 Å². The van der Waals surface area contributed by atoms with Gasteiger partial charge < -0.3 is 25.3 Å². The molecule has 6 heteroatoms. The zero-order valence-electron chi connectivity index (χ0n) is 11.7. The van der Waals surface area contributed by atoms with E-state index in [1.807, 2.05) is 12.1 Å². The van der Waals surface area contributed by atoms with E-state index in [1.165, 1.54) is 0 Å². The fourth-order valence-corrected chi connectivity index (χ4v) is 2.59. The monoisotopic (exact) mass is 344 g/mol. The Bertz CT molecular complexity index is 443. The van der Waals surface area contributed by atoms with Crippen LogP contribution in [0.3, 0.4) is 0 Å². The number of benzene rings is 1. The van der Waals surface area contributed by atoms with Crippen molar-refractivity contribution in [3.63, 3.8) is 0 Å². The van der Waals surface area contributed by atoms with Crippen LogP contribution in [0.1, 0.15) is 12.8 Å². The summed E-state index contributed by atoms with van der Waals surface area (Å²) < 4.78 is 17.4. The van der Waals surface area contributed by atoms with Crippen molar-refractivity contribution < 1.29 is 14.2 Å². The van der Waals surface area contributed by atoms with E-state index in [-0.39, 0.29) is 6.04 Å².